The molecule has 1 aliphatic rings. The van der Waals surface area contributed by atoms with E-state index in [9.17, 15) is 4.39 Å². The van der Waals surface area contributed by atoms with Gasteiger partial charge in [-0.2, -0.15) is 11.8 Å². The first-order valence-electron chi connectivity index (χ1n) is 6.19. The van der Waals surface area contributed by atoms with Crippen LogP contribution in [0.25, 0.3) is 0 Å². The Hall–Kier alpha value is -0.540. The summed E-state index contributed by atoms with van der Waals surface area (Å²) in [5, 5.41) is 3.46. The van der Waals surface area contributed by atoms with Crippen LogP contribution in [-0.2, 0) is 6.54 Å². The van der Waals surface area contributed by atoms with E-state index in [2.05, 4.69) is 24.0 Å². The van der Waals surface area contributed by atoms with Gasteiger partial charge < -0.3 is 5.32 Å². The molecule has 0 spiro atoms. The summed E-state index contributed by atoms with van der Waals surface area (Å²) in [6, 6.07) is 5.00. The van der Waals surface area contributed by atoms with E-state index in [1.165, 1.54) is 24.7 Å². The van der Waals surface area contributed by atoms with Crippen molar-refractivity contribution in [3.63, 3.8) is 0 Å². The van der Waals surface area contributed by atoms with Crippen molar-refractivity contribution in [2.45, 2.75) is 38.0 Å². The van der Waals surface area contributed by atoms with Gasteiger partial charge in [-0.15, -0.1) is 0 Å². The SMILES string of the molecule is Cc1ccc(F)cc1CNCC1(C)CCCS1. The molecular formula is C14H20FNS. The predicted octanol–water partition coefficient (Wildman–Crippen LogP) is 3.51. The molecule has 1 fully saturated rings. The first-order valence-corrected chi connectivity index (χ1v) is 7.17. The van der Waals surface area contributed by atoms with E-state index in [1.807, 2.05) is 13.0 Å². The van der Waals surface area contributed by atoms with Crippen LogP contribution in [0.1, 0.15) is 30.9 Å². The monoisotopic (exact) mass is 253 g/mol. The van der Waals surface area contributed by atoms with Crippen LogP contribution >= 0.6 is 11.8 Å². The molecule has 1 aromatic rings. The van der Waals surface area contributed by atoms with Gasteiger partial charge in [-0.3, -0.25) is 0 Å². The normalized spacial score (nSPS) is 24.2. The van der Waals surface area contributed by atoms with Gasteiger partial charge in [0.2, 0.25) is 0 Å². The Morgan fingerprint density at radius 2 is 2.29 bits per heavy atom. The molecule has 0 aliphatic carbocycles. The number of hydrogen-bond acceptors (Lipinski definition) is 2. The standard InChI is InChI=1S/C14H20FNS/c1-11-4-5-13(15)8-12(11)9-16-10-14(2)6-3-7-17-14/h4-5,8,16H,3,6-7,9-10H2,1-2H3. The third-order valence-electron chi connectivity index (χ3n) is 3.43. The first-order chi connectivity index (χ1) is 8.09. The Balaban J connectivity index is 1.87. The molecule has 1 heterocycles. The lowest BCUT2D eigenvalue weighted by atomic mass is 10.1. The lowest BCUT2D eigenvalue weighted by Gasteiger charge is -2.23. The Morgan fingerprint density at radius 1 is 1.47 bits per heavy atom. The van der Waals surface area contributed by atoms with Gasteiger partial charge in [-0.1, -0.05) is 6.07 Å². The maximum absolute atomic E-state index is 13.1. The molecule has 1 nitrogen and oxygen atoms in total. The minimum Gasteiger partial charge on any atom is -0.311 e. The second kappa shape index (κ2) is 5.40. The average molecular weight is 253 g/mol. The quantitative estimate of drug-likeness (QED) is 0.881. The average Bonchev–Trinajstić information content (AvgIpc) is 2.71. The lowest BCUT2D eigenvalue weighted by molar-refractivity contribution is 0.535. The maximum atomic E-state index is 13.1. The third-order valence-corrected chi connectivity index (χ3v) is 4.96. The summed E-state index contributed by atoms with van der Waals surface area (Å²) in [5.74, 6) is 1.13. The zero-order chi connectivity index (χ0) is 12.3. The van der Waals surface area contributed by atoms with Crippen molar-refractivity contribution < 1.29 is 4.39 Å². The van der Waals surface area contributed by atoms with Crippen LogP contribution in [0.4, 0.5) is 4.39 Å². The smallest absolute Gasteiger partial charge is 0.123 e. The zero-order valence-corrected chi connectivity index (χ0v) is 11.4. The molecule has 0 amide bonds. The number of hydrogen-bond donors (Lipinski definition) is 1. The minimum atomic E-state index is -0.145. The Kier molecular flexibility index (Phi) is 4.10. The van der Waals surface area contributed by atoms with Gasteiger partial charge in [0.15, 0.2) is 0 Å². The second-order valence-corrected chi connectivity index (χ2v) is 6.76. The molecule has 1 N–H and O–H groups in total. The highest BCUT2D eigenvalue weighted by molar-refractivity contribution is 8.00. The number of benzene rings is 1. The van der Waals surface area contributed by atoms with E-state index in [1.54, 1.807) is 6.07 Å². The van der Waals surface area contributed by atoms with Crippen LogP contribution in [0.15, 0.2) is 18.2 Å². The molecule has 1 unspecified atom stereocenters. The van der Waals surface area contributed by atoms with E-state index in [0.29, 0.717) is 4.75 Å². The highest BCUT2D eigenvalue weighted by atomic mass is 32.2. The van der Waals surface area contributed by atoms with Gasteiger partial charge in [-0.25, -0.2) is 4.39 Å². The zero-order valence-electron chi connectivity index (χ0n) is 10.6. The van der Waals surface area contributed by atoms with Gasteiger partial charge in [0.05, 0.1) is 0 Å². The van der Waals surface area contributed by atoms with Gasteiger partial charge in [-0.05, 0) is 55.7 Å². The number of aryl methyl sites for hydroxylation is 1. The number of thioether (sulfide) groups is 1. The molecule has 0 aromatic heterocycles. The van der Waals surface area contributed by atoms with Crippen molar-refractivity contribution in [2.24, 2.45) is 0 Å². The summed E-state index contributed by atoms with van der Waals surface area (Å²) >= 11 is 2.05. The van der Waals surface area contributed by atoms with Crippen molar-refractivity contribution in [3.8, 4) is 0 Å². The maximum Gasteiger partial charge on any atom is 0.123 e. The van der Waals surface area contributed by atoms with Gasteiger partial charge in [0, 0.05) is 17.8 Å². The topological polar surface area (TPSA) is 12.0 Å². The summed E-state index contributed by atoms with van der Waals surface area (Å²) in [6.07, 6.45) is 2.61. The fourth-order valence-electron chi connectivity index (χ4n) is 2.27. The fourth-order valence-corrected chi connectivity index (χ4v) is 3.54. The van der Waals surface area contributed by atoms with Crippen LogP contribution in [0.5, 0.6) is 0 Å². The number of nitrogens with one attached hydrogen (secondary N) is 1. The Labute approximate surface area is 107 Å². The van der Waals surface area contributed by atoms with Crippen LogP contribution in [0.3, 0.4) is 0 Å². The summed E-state index contributed by atoms with van der Waals surface area (Å²) < 4.78 is 13.5. The van der Waals surface area contributed by atoms with Gasteiger partial charge >= 0.3 is 0 Å². The highest BCUT2D eigenvalue weighted by Gasteiger charge is 2.28. The van der Waals surface area contributed by atoms with E-state index >= 15 is 0 Å². The van der Waals surface area contributed by atoms with E-state index in [0.717, 1.165) is 24.2 Å². The summed E-state index contributed by atoms with van der Waals surface area (Å²) in [7, 11) is 0. The molecular weight excluding hydrogens is 233 g/mol. The molecule has 2 rings (SSSR count). The predicted molar refractivity (Wildman–Crippen MR) is 72.9 cm³/mol. The molecule has 0 saturated carbocycles. The Morgan fingerprint density at radius 3 is 3.00 bits per heavy atom. The lowest BCUT2D eigenvalue weighted by Crippen LogP contribution is -2.32. The molecule has 94 valence electrons. The van der Waals surface area contributed by atoms with Gasteiger partial charge in [0.1, 0.15) is 5.82 Å². The second-order valence-electron chi connectivity index (χ2n) is 5.08. The van der Waals surface area contributed by atoms with Crippen molar-refractivity contribution in [1.82, 2.24) is 5.32 Å². The van der Waals surface area contributed by atoms with Crippen LogP contribution in [-0.4, -0.2) is 17.0 Å². The van der Waals surface area contributed by atoms with Gasteiger partial charge in [0.25, 0.3) is 0 Å². The molecule has 1 atom stereocenters. The van der Waals surface area contributed by atoms with Crippen molar-refractivity contribution in [2.75, 3.05) is 12.3 Å². The van der Waals surface area contributed by atoms with Crippen LogP contribution in [0, 0.1) is 12.7 Å². The summed E-state index contributed by atoms with van der Waals surface area (Å²) in [5.41, 5.74) is 2.22. The Bertz CT molecular complexity index is 386. The summed E-state index contributed by atoms with van der Waals surface area (Å²) in [4.78, 5) is 0. The van der Waals surface area contributed by atoms with Crippen molar-refractivity contribution in [3.05, 3.63) is 35.1 Å². The first kappa shape index (κ1) is 12.9. The number of halogens is 1. The summed E-state index contributed by atoms with van der Waals surface area (Å²) in [6.45, 7) is 6.12. The largest absolute Gasteiger partial charge is 0.311 e. The minimum absolute atomic E-state index is 0.145. The molecule has 1 aromatic carbocycles. The molecule has 0 radical (unpaired) electrons. The number of rotatable bonds is 4. The molecule has 17 heavy (non-hydrogen) atoms. The van der Waals surface area contributed by atoms with E-state index in [4.69, 9.17) is 0 Å². The highest BCUT2D eigenvalue weighted by Crippen LogP contribution is 2.36. The van der Waals surface area contributed by atoms with Crippen molar-refractivity contribution in [1.29, 1.82) is 0 Å². The van der Waals surface area contributed by atoms with Crippen LogP contribution < -0.4 is 5.32 Å². The molecule has 1 aliphatic heterocycles. The molecule has 0 bridgehead atoms. The molecule has 3 heteroatoms. The fraction of sp³-hybridized carbons (Fsp3) is 0.571. The third kappa shape index (κ3) is 3.46. The van der Waals surface area contributed by atoms with Crippen molar-refractivity contribution >= 4 is 11.8 Å². The van der Waals surface area contributed by atoms with E-state index in [-0.39, 0.29) is 5.82 Å². The van der Waals surface area contributed by atoms with E-state index < -0.39 is 0 Å². The van der Waals surface area contributed by atoms with Crippen LogP contribution in [0.2, 0.25) is 0 Å². The molecule has 1 saturated heterocycles.